The molecule has 7 nitrogen and oxygen atoms in total. The van der Waals surface area contributed by atoms with Gasteiger partial charge in [-0.2, -0.15) is 5.10 Å². The van der Waals surface area contributed by atoms with E-state index in [1.807, 2.05) is 12.1 Å². The van der Waals surface area contributed by atoms with E-state index in [2.05, 4.69) is 20.4 Å². The summed E-state index contributed by atoms with van der Waals surface area (Å²) in [5, 5.41) is 4.01. The maximum Gasteiger partial charge on any atom is 0.271 e. The van der Waals surface area contributed by atoms with E-state index in [0.29, 0.717) is 22.6 Å². The van der Waals surface area contributed by atoms with E-state index in [1.165, 1.54) is 10.6 Å². The number of anilines is 1. The topological polar surface area (TPSA) is 79.1 Å². The first-order valence-corrected chi connectivity index (χ1v) is 8.89. The Morgan fingerprint density at radius 3 is 2.59 bits per heavy atom. The summed E-state index contributed by atoms with van der Waals surface area (Å²) >= 11 is 0. The standard InChI is InChI=1S/C20H19N5O2/c26-19(15-8-2-1-3-9-15)23-21-14-16-18(24-11-6-7-12-24)22-17-10-4-5-13-25(17)20(16)27/h1-5,8-10,13-14H,6-7,11-12H2,(H,23,26). The molecule has 0 atom stereocenters. The van der Waals surface area contributed by atoms with Gasteiger partial charge in [0, 0.05) is 24.8 Å². The summed E-state index contributed by atoms with van der Waals surface area (Å²) in [5.74, 6) is 0.282. The Balaban J connectivity index is 1.69. The molecule has 1 saturated heterocycles. The Labute approximate surface area is 156 Å². The fourth-order valence-electron chi connectivity index (χ4n) is 3.18. The summed E-state index contributed by atoms with van der Waals surface area (Å²) in [6, 6.07) is 14.2. The second kappa shape index (κ2) is 7.41. The maximum absolute atomic E-state index is 12.9. The van der Waals surface area contributed by atoms with Crippen molar-refractivity contribution in [3.63, 3.8) is 0 Å². The quantitative estimate of drug-likeness (QED) is 0.570. The highest BCUT2D eigenvalue weighted by molar-refractivity contribution is 5.95. The van der Waals surface area contributed by atoms with Crippen LogP contribution in [0.1, 0.15) is 28.8 Å². The van der Waals surface area contributed by atoms with Crippen LogP contribution in [-0.4, -0.2) is 34.6 Å². The van der Waals surface area contributed by atoms with Crippen LogP contribution in [0.5, 0.6) is 0 Å². The van der Waals surface area contributed by atoms with Crippen LogP contribution in [0.4, 0.5) is 5.82 Å². The Morgan fingerprint density at radius 2 is 1.81 bits per heavy atom. The van der Waals surface area contributed by atoms with Gasteiger partial charge in [0.05, 0.1) is 6.21 Å². The van der Waals surface area contributed by atoms with Crippen molar-refractivity contribution in [3.8, 4) is 0 Å². The third kappa shape index (κ3) is 3.44. The van der Waals surface area contributed by atoms with Crippen LogP contribution in [-0.2, 0) is 0 Å². The molecule has 1 fully saturated rings. The molecule has 27 heavy (non-hydrogen) atoms. The SMILES string of the molecule is O=C(NN=Cc1c(N2CCCC2)nc2ccccn2c1=O)c1ccccc1. The first-order chi connectivity index (χ1) is 13.2. The number of rotatable bonds is 4. The Morgan fingerprint density at radius 1 is 1.07 bits per heavy atom. The van der Waals surface area contributed by atoms with Crippen molar-refractivity contribution in [2.24, 2.45) is 5.10 Å². The third-order valence-corrected chi connectivity index (χ3v) is 4.55. The van der Waals surface area contributed by atoms with Crippen molar-refractivity contribution in [1.29, 1.82) is 0 Å². The zero-order chi connectivity index (χ0) is 18.6. The van der Waals surface area contributed by atoms with Crippen LogP contribution < -0.4 is 15.9 Å². The van der Waals surface area contributed by atoms with Crippen LogP contribution in [0.25, 0.3) is 5.65 Å². The Bertz CT molecular complexity index is 1050. The number of amides is 1. The highest BCUT2D eigenvalue weighted by Gasteiger charge is 2.20. The van der Waals surface area contributed by atoms with E-state index in [0.717, 1.165) is 25.9 Å². The summed E-state index contributed by atoms with van der Waals surface area (Å²) in [7, 11) is 0. The highest BCUT2D eigenvalue weighted by atomic mass is 16.2. The molecule has 1 aromatic carbocycles. The predicted octanol–water partition coefficient (Wildman–Crippen LogP) is 2.06. The number of pyridine rings is 1. The van der Waals surface area contributed by atoms with Gasteiger partial charge in [-0.3, -0.25) is 14.0 Å². The third-order valence-electron chi connectivity index (χ3n) is 4.55. The lowest BCUT2D eigenvalue weighted by Gasteiger charge is -2.18. The molecule has 1 aliphatic heterocycles. The van der Waals surface area contributed by atoms with Crippen molar-refractivity contribution in [2.45, 2.75) is 12.8 Å². The second-order valence-corrected chi connectivity index (χ2v) is 6.34. The average Bonchev–Trinajstić information content (AvgIpc) is 3.25. The van der Waals surface area contributed by atoms with Crippen molar-refractivity contribution in [3.05, 3.63) is 76.2 Å². The zero-order valence-corrected chi connectivity index (χ0v) is 14.7. The van der Waals surface area contributed by atoms with Crippen LogP contribution in [0.2, 0.25) is 0 Å². The number of nitrogens with one attached hydrogen (secondary N) is 1. The molecule has 1 amide bonds. The molecule has 4 rings (SSSR count). The van der Waals surface area contributed by atoms with Gasteiger partial charge in [0.15, 0.2) is 0 Å². The molecule has 1 aliphatic rings. The van der Waals surface area contributed by atoms with Crippen molar-refractivity contribution in [1.82, 2.24) is 14.8 Å². The number of nitrogens with zero attached hydrogens (tertiary/aromatic N) is 4. The molecule has 0 radical (unpaired) electrons. The maximum atomic E-state index is 12.9. The molecule has 3 heterocycles. The monoisotopic (exact) mass is 361 g/mol. The largest absolute Gasteiger partial charge is 0.356 e. The van der Waals surface area contributed by atoms with Gasteiger partial charge in [0.2, 0.25) is 0 Å². The second-order valence-electron chi connectivity index (χ2n) is 6.34. The van der Waals surface area contributed by atoms with Gasteiger partial charge in [-0.15, -0.1) is 0 Å². The van der Waals surface area contributed by atoms with E-state index < -0.39 is 0 Å². The predicted molar refractivity (Wildman–Crippen MR) is 104 cm³/mol. The normalized spacial score (nSPS) is 14.1. The molecular weight excluding hydrogens is 342 g/mol. The lowest BCUT2D eigenvalue weighted by Crippen LogP contribution is -2.28. The minimum absolute atomic E-state index is 0.208. The van der Waals surface area contributed by atoms with Gasteiger partial charge in [-0.25, -0.2) is 10.4 Å². The number of hydrogen-bond donors (Lipinski definition) is 1. The van der Waals surface area contributed by atoms with E-state index in [-0.39, 0.29) is 11.5 Å². The molecule has 1 N–H and O–H groups in total. The molecule has 7 heteroatoms. The van der Waals surface area contributed by atoms with Gasteiger partial charge in [-0.1, -0.05) is 24.3 Å². The van der Waals surface area contributed by atoms with Crippen molar-refractivity contribution in [2.75, 3.05) is 18.0 Å². The summed E-state index contributed by atoms with van der Waals surface area (Å²) in [5.41, 5.74) is 3.73. The van der Waals surface area contributed by atoms with Crippen molar-refractivity contribution >= 4 is 23.6 Å². The van der Waals surface area contributed by atoms with Crippen LogP contribution >= 0.6 is 0 Å². The fraction of sp³-hybridized carbons (Fsp3) is 0.200. The lowest BCUT2D eigenvalue weighted by atomic mass is 10.2. The lowest BCUT2D eigenvalue weighted by molar-refractivity contribution is 0.0955. The first kappa shape index (κ1) is 17.0. The summed E-state index contributed by atoms with van der Waals surface area (Å²) in [6.45, 7) is 1.71. The van der Waals surface area contributed by atoms with Gasteiger partial charge >= 0.3 is 0 Å². The molecule has 0 unspecified atom stereocenters. The Hall–Kier alpha value is -3.48. The fourth-order valence-corrected chi connectivity index (χ4v) is 3.18. The molecule has 0 saturated carbocycles. The van der Waals surface area contributed by atoms with Crippen LogP contribution in [0.3, 0.4) is 0 Å². The molecule has 0 spiro atoms. The Kier molecular flexibility index (Phi) is 4.65. The van der Waals surface area contributed by atoms with Gasteiger partial charge in [0.25, 0.3) is 11.5 Å². The minimum Gasteiger partial charge on any atom is -0.356 e. The number of benzene rings is 1. The van der Waals surface area contributed by atoms with E-state index >= 15 is 0 Å². The number of carbonyl (C=O) groups is 1. The van der Waals surface area contributed by atoms with E-state index in [9.17, 15) is 9.59 Å². The average molecular weight is 361 g/mol. The first-order valence-electron chi connectivity index (χ1n) is 8.89. The number of hydrazone groups is 1. The molecule has 0 bridgehead atoms. The molecular formula is C20H19N5O2. The summed E-state index contributed by atoms with van der Waals surface area (Å²) < 4.78 is 1.49. The molecule has 2 aromatic heterocycles. The summed E-state index contributed by atoms with van der Waals surface area (Å²) in [6.07, 6.45) is 5.20. The smallest absolute Gasteiger partial charge is 0.271 e. The van der Waals surface area contributed by atoms with Gasteiger partial charge in [-0.05, 0) is 37.1 Å². The molecule has 136 valence electrons. The number of fused-ring (bicyclic) bond motifs is 1. The molecule has 0 aliphatic carbocycles. The number of aromatic nitrogens is 2. The highest BCUT2D eigenvalue weighted by Crippen LogP contribution is 2.20. The van der Waals surface area contributed by atoms with E-state index in [1.54, 1.807) is 42.6 Å². The molecule has 3 aromatic rings. The summed E-state index contributed by atoms with van der Waals surface area (Å²) in [4.78, 5) is 31.8. The van der Waals surface area contributed by atoms with Crippen LogP contribution in [0.15, 0.2) is 64.6 Å². The van der Waals surface area contributed by atoms with E-state index in [4.69, 9.17) is 0 Å². The number of carbonyl (C=O) groups excluding carboxylic acids is 1. The van der Waals surface area contributed by atoms with Crippen LogP contribution in [0, 0.1) is 0 Å². The zero-order valence-electron chi connectivity index (χ0n) is 14.7. The number of hydrogen-bond acceptors (Lipinski definition) is 5. The van der Waals surface area contributed by atoms with Gasteiger partial charge in [0.1, 0.15) is 17.0 Å². The van der Waals surface area contributed by atoms with Crippen molar-refractivity contribution < 1.29 is 4.79 Å². The van der Waals surface area contributed by atoms with Gasteiger partial charge < -0.3 is 4.90 Å². The minimum atomic E-state index is -0.330.